The van der Waals surface area contributed by atoms with E-state index in [-0.39, 0.29) is 5.91 Å². The zero-order valence-corrected chi connectivity index (χ0v) is 16.7. The molecule has 0 bridgehead atoms. The molecule has 0 radical (unpaired) electrons. The lowest BCUT2D eigenvalue weighted by molar-refractivity contribution is 0.102. The van der Waals surface area contributed by atoms with Crippen molar-refractivity contribution in [1.29, 1.82) is 5.26 Å². The highest BCUT2D eigenvalue weighted by atomic mass is 16.1. The number of hydrogen-bond acceptors (Lipinski definition) is 5. The van der Waals surface area contributed by atoms with E-state index < -0.39 is 0 Å². The number of hydrogen-bond donors (Lipinski definition) is 1. The molecule has 2 aromatic carbocycles. The minimum atomic E-state index is -0.223. The number of benzene rings is 2. The second-order valence-electron chi connectivity index (χ2n) is 7.40. The number of carbonyl (C=O) groups excluding carboxylic acids is 1. The van der Waals surface area contributed by atoms with Crippen LogP contribution in [0.3, 0.4) is 0 Å². The molecule has 6 nitrogen and oxygen atoms in total. The zero-order valence-electron chi connectivity index (χ0n) is 16.7. The molecular formula is C24H23N5O. The molecule has 1 aromatic heterocycles. The van der Waals surface area contributed by atoms with Crippen LogP contribution in [0.5, 0.6) is 0 Å². The average Bonchev–Trinajstić information content (AvgIpc) is 3.09. The first-order valence-electron chi connectivity index (χ1n) is 10.2. The van der Waals surface area contributed by atoms with Crippen LogP contribution in [0.2, 0.25) is 0 Å². The molecule has 0 aliphatic carbocycles. The first kappa shape index (κ1) is 19.6. The van der Waals surface area contributed by atoms with Crippen LogP contribution in [0.1, 0.15) is 41.6 Å². The standard InChI is InChI=1S/C24H23N5O/c25-17-18-8-10-19(11-9-18)24(30)26-21-7-5-6-20(16-21)22-12-13-23(28-27-22)29-14-3-1-2-4-15-29/h5-13,16H,1-4,14-15H2,(H,26,30). The third-order valence-electron chi connectivity index (χ3n) is 5.27. The maximum Gasteiger partial charge on any atom is 0.255 e. The molecule has 0 atom stereocenters. The zero-order chi connectivity index (χ0) is 20.8. The Hall–Kier alpha value is -3.72. The second-order valence-corrected chi connectivity index (χ2v) is 7.40. The molecule has 1 amide bonds. The third kappa shape index (κ3) is 4.64. The fourth-order valence-electron chi connectivity index (χ4n) is 3.60. The summed E-state index contributed by atoms with van der Waals surface area (Å²) in [6.45, 7) is 2.07. The van der Waals surface area contributed by atoms with E-state index in [1.54, 1.807) is 24.3 Å². The van der Waals surface area contributed by atoms with E-state index in [2.05, 4.69) is 20.4 Å². The topological polar surface area (TPSA) is 81.9 Å². The molecule has 30 heavy (non-hydrogen) atoms. The predicted octanol–water partition coefficient (Wildman–Crippen LogP) is 4.65. The van der Waals surface area contributed by atoms with Gasteiger partial charge in [-0.3, -0.25) is 4.79 Å². The minimum Gasteiger partial charge on any atom is -0.355 e. The molecule has 1 saturated heterocycles. The number of aromatic nitrogens is 2. The van der Waals surface area contributed by atoms with Gasteiger partial charge in [-0.1, -0.05) is 25.0 Å². The highest BCUT2D eigenvalue weighted by Gasteiger charge is 2.12. The first-order valence-corrected chi connectivity index (χ1v) is 10.2. The summed E-state index contributed by atoms with van der Waals surface area (Å²) in [5.41, 5.74) is 3.36. The second kappa shape index (κ2) is 9.19. The van der Waals surface area contributed by atoms with Crippen molar-refractivity contribution in [1.82, 2.24) is 10.2 Å². The van der Waals surface area contributed by atoms with Crippen LogP contribution >= 0.6 is 0 Å². The van der Waals surface area contributed by atoms with Gasteiger partial charge in [0.05, 0.1) is 17.3 Å². The maximum absolute atomic E-state index is 12.5. The number of carbonyl (C=O) groups is 1. The third-order valence-corrected chi connectivity index (χ3v) is 5.27. The fraction of sp³-hybridized carbons (Fsp3) is 0.250. The summed E-state index contributed by atoms with van der Waals surface area (Å²) in [7, 11) is 0. The summed E-state index contributed by atoms with van der Waals surface area (Å²) in [5, 5.41) is 20.6. The number of rotatable bonds is 4. The van der Waals surface area contributed by atoms with Crippen LogP contribution in [0, 0.1) is 11.3 Å². The summed E-state index contributed by atoms with van der Waals surface area (Å²) in [5.74, 6) is 0.699. The molecule has 0 spiro atoms. The Morgan fingerprint density at radius 2 is 1.70 bits per heavy atom. The lowest BCUT2D eigenvalue weighted by atomic mass is 10.1. The van der Waals surface area contributed by atoms with Gasteiger partial charge in [0.1, 0.15) is 0 Å². The Bertz CT molecular complexity index is 1050. The number of nitriles is 1. The molecule has 150 valence electrons. The summed E-state index contributed by atoms with van der Waals surface area (Å²) in [4.78, 5) is 14.8. The van der Waals surface area contributed by atoms with E-state index in [4.69, 9.17) is 5.26 Å². The Morgan fingerprint density at radius 1 is 0.933 bits per heavy atom. The molecule has 1 fully saturated rings. The van der Waals surface area contributed by atoms with Crippen molar-refractivity contribution in [3.05, 3.63) is 71.8 Å². The van der Waals surface area contributed by atoms with Gasteiger partial charge in [0, 0.05) is 29.9 Å². The van der Waals surface area contributed by atoms with Gasteiger partial charge in [-0.05, 0) is 61.4 Å². The van der Waals surface area contributed by atoms with Crippen molar-refractivity contribution < 1.29 is 4.79 Å². The summed E-state index contributed by atoms with van der Waals surface area (Å²) >= 11 is 0. The molecule has 2 heterocycles. The average molecular weight is 397 g/mol. The van der Waals surface area contributed by atoms with Gasteiger partial charge < -0.3 is 10.2 Å². The largest absolute Gasteiger partial charge is 0.355 e. The Morgan fingerprint density at radius 3 is 2.37 bits per heavy atom. The maximum atomic E-state index is 12.5. The fourth-order valence-corrected chi connectivity index (χ4v) is 3.60. The van der Waals surface area contributed by atoms with Gasteiger partial charge in [-0.15, -0.1) is 10.2 Å². The van der Waals surface area contributed by atoms with Gasteiger partial charge in [-0.25, -0.2) is 0 Å². The quantitative estimate of drug-likeness (QED) is 0.693. The number of amides is 1. The van der Waals surface area contributed by atoms with Crippen molar-refractivity contribution in [3.8, 4) is 17.3 Å². The molecule has 1 N–H and O–H groups in total. The van der Waals surface area contributed by atoms with Crippen LogP contribution in [-0.2, 0) is 0 Å². The van der Waals surface area contributed by atoms with Gasteiger partial charge in [0.25, 0.3) is 5.91 Å². The lowest BCUT2D eigenvalue weighted by Crippen LogP contribution is -2.25. The SMILES string of the molecule is N#Cc1ccc(C(=O)Nc2cccc(-c3ccc(N4CCCCCC4)nn3)c2)cc1. The van der Waals surface area contributed by atoms with Crippen molar-refractivity contribution in [2.45, 2.75) is 25.7 Å². The van der Waals surface area contributed by atoms with Crippen LogP contribution in [0.25, 0.3) is 11.3 Å². The van der Waals surface area contributed by atoms with Crippen molar-refractivity contribution >= 4 is 17.4 Å². The predicted molar refractivity (Wildman–Crippen MR) is 117 cm³/mol. The van der Waals surface area contributed by atoms with E-state index in [9.17, 15) is 4.79 Å². The first-order chi connectivity index (χ1) is 14.7. The molecule has 1 aliphatic heterocycles. The highest BCUT2D eigenvalue weighted by Crippen LogP contribution is 2.23. The molecule has 1 aliphatic rings. The summed E-state index contributed by atoms with van der Waals surface area (Å²) < 4.78 is 0. The molecule has 0 saturated carbocycles. The van der Waals surface area contributed by atoms with Crippen LogP contribution in [0.4, 0.5) is 11.5 Å². The lowest BCUT2D eigenvalue weighted by Gasteiger charge is -2.20. The molecule has 0 unspecified atom stereocenters. The smallest absolute Gasteiger partial charge is 0.255 e. The van der Waals surface area contributed by atoms with E-state index >= 15 is 0 Å². The van der Waals surface area contributed by atoms with Crippen LogP contribution in [-0.4, -0.2) is 29.2 Å². The number of nitrogens with one attached hydrogen (secondary N) is 1. The van der Waals surface area contributed by atoms with Crippen molar-refractivity contribution in [3.63, 3.8) is 0 Å². The highest BCUT2D eigenvalue weighted by molar-refractivity contribution is 6.04. The van der Waals surface area contributed by atoms with Gasteiger partial charge in [0.2, 0.25) is 0 Å². The van der Waals surface area contributed by atoms with E-state index in [1.807, 2.05) is 42.5 Å². The van der Waals surface area contributed by atoms with Gasteiger partial charge >= 0.3 is 0 Å². The molecular weight excluding hydrogens is 374 g/mol. The van der Waals surface area contributed by atoms with Crippen molar-refractivity contribution in [2.75, 3.05) is 23.3 Å². The van der Waals surface area contributed by atoms with Crippen molar-refractivity contribution in [2.24, 2.45) is 0 Å². The Balaban J connectivity index is 1.47. The minimum absolute atomic E-state index is 0.223. The number of nitrogens with zero attached hydrogens (tertiary/aromatic N) is 4. The van der Waals surface area contributed by atoms with E-state index in [0.717, 1.165) is 30.2 Å². The van der Waals surface area contributed by atoms with Crippen LogP contribution in [0.15, 0.2) is 60.7 Å². The normalized spacial score (nSPS) is 13.9. The Labute approximate surface area is 176 Å². The van der Waals surface area contributed by atoms with E-state index in [0.29, 0.717) is 16.8 Å². The van der Waals surface area contributed by atoms with Gasteiger partial charge in [-0.2, -0.15) is 5.26 Å². The molecule has 3 aromatic rings. The number of anilines is 2. The molecule has 6 heteroatoms. The van der Waals surface area contributed by atoms with Crippen LogP contribution < -0.4 is 10.2 Å². The summed E-state index contributed by atoms with van der Waals surface area (Å²) in [6, 6.07) is 20.2. The summed E-state index contributed by atoms with van der Waals surface area (Å²) in [6.07, 6.45) is 4.96. The monoisotopic (exact) mass is 397 g/mol. The Kier molecular flexibility index (Phi) is 6.00. The van der Waals surface area contributed by atoms with Gasteiger partial charge in [0.15, 0.2) is 5.82 Å². The molecule has 4 rings (SSSR count). The van der Waals surface area contributed by atoms with E-state index in [1.165, 1.54) is 25.7 Å².